The average molecular weight is 409 g/mol. The monoisotopic (exact) mass is 408 g/mol. The highest BCUT2D eigenvalue weighted by atomic mass is 79.9. The van der Waals surface area contributed by atoms with Gasteiger partial charge in [-0.3, -0.25) is 4.79 Å². The van der Waals surface area contributed by atoms with E-state index in [9.17, 15) is 4.79 Å². The van der Waals surface area contributed by atoms with Crippen molar-refractivity contribution in [2.24, 2.45) is 0 Å². The molecule has 3 heteroatoms. The number of halogens is 1. The molecule has 26 heavy (non-hydrogen) atoms. The molecule has 0 bridgehead atoms. The first kappa shape index (κ1) is 18.4. The van der Waals surface area contributed by atoms with E-state index in [1.54, 1.807) is 0 Å². The van der Waals surface area contributed by atoms with E-state index in [-0.39, 0.29) is 11.9 Å². The number of benzene rings is 3. The Morgan fingerprint density at radius 3 is 2.27 bits per heavy atom. The zero-order chi connectivity index (χ0) is 18.4. The number of rotatable bonds is 6. The molecule has 0 aliphatic carbocycles. The average Bonchev–Trinajstić information content (AvgIpc) is 2.68. The van der Waals surface area contributed by atoms with E-state index in [2.05, 4.69) is 34.1 Å². The van der Waals surface area contributed by atoms with E-state index in [1.807, 2.05) is 67.6 Å². The second kappa shape index (κ2) is 8.81. The van der Waals surface area contributed by atoms with Gasteiger partial charge < -0.3 is 4.74 Å². The predicted octanol–water partition coefficient (Wildman–Crippen LogP) is 6.01. The van der Waals surface area contributed by atoms with E-state index in [1.165, 1.54) is 0 Å². The number of carbonyl (C=O) groups excluding carboxylic acids is 1. The minimum absolute atomic E-state index is 0.182. The van der Waals surface area contributed by atoms with Gasteiger partial charge in [0.2, 0.25) is 0 Å². The molecular weight excluding hydrogens is 388 g/mol. The lowest BCUT2D eigenvalue weighted by molar-refractivity contribution is -0.144. The van der Waals surface area contributed by atoms with Crippen molar-refractivity contribution in [3.05, 3.63) is 94.5 Å². The van der Waals surface area contributed by atoms with E-state index in [0.29, 0.717) is 13.0 Å². The highest BCUT2D eigenvalue weighted by molar-refractivity contribution is 9.10. The van der Waals surface area contributed by atoms with Crippen LogP contribution < -0.4 is 0 Å². The van der Waals surface area contributed by atoms with Gasteiger partial charge in [0.25, 0.3) is 0 Å². The molecule has 0 spiro atoms. The molecule has 0 aliphatic rings. The Morgan fingerprint density at radius 2 is 1.58 bits per heavy atom. The van der Waals surface area contributed by atoms with Gasteiger partial charge in [-0.05, 0) is 47.7 Å². The highest BCUT2D eigenvalue weighted by Gasteiger charge is 2.25. The van der Waals surface area contributed by atoms with E-state index < -0.39 is 0 Å². The van der Waals surface area contributed by atoms with Crippen LogP contribution >= 0.6 is 15.9 Å². The molecule has 3 aromatic rings. The maximum absolute atomic E-state index is 12.8. The third-order valence-corrected chi connectivity index (χ3v) is 4.87. The van der Waals surface area contributed by atoms with Gasteiger partial charge in [-0.15, -0.1) is 0 Å². The van der Waals surface area contributed by atoms with Crippen LogP contribution in [-0.2, 0) is 16.0 Å². The number of esters is 1. The topological polar surface area (TPSA) is 26.3 Å². The summed E-state index contributed by atoms with van der Waals surface area (Å²) in [7, 11) is 0. The molecule has 132 valence electrons. The molecule has 1 unspecified atom stereocenters. The highest BCUT2D eigenvalue weighted by Crippen LogP contribution is 2.32. The van der Waals surface area contributed by atoms with Crippen LogP contribution in [0, 0.1) is 0 Å². The zero-order valence-electron chi connectivity index (χ0n) is 14.7. The van der Waals surface area contributed by atoms with Gasteiger partial charge in [0.15, 0.2) is 0 Å². The minimum atomic E-state index is -0.340. The van der Waals surface area contributed by atoms with Crippen LogP contribution in [-0.4, -0.2) is 12.6 Å². The number of hydrogen-bond donors (Lipinski definition) is 0. The van der Waals surface area contributed by atoms with Crippen LogP contribution in [0.4, 0.5) is 0 Å². The van der Waals surface area contributed by atoms with Crippen LogP contribution in [0.5, 0.6) is 0 Å². The summed E-state index contributed by atoms with van der Waals surface area (Å²) >= 11 is 3.46. The Balaban J connectivity index is 2.02. The predicted molar refractivity (Wildman–Crippen MR) is 109 cm³/mol. The number of carbonyl (C=O) groups is 1. The molecule has 0 amide bonds. The fourth-order valence-corrected chi connectivity index (χ4v) is 3.37. The van der Waals surface area contributed by atoms with E-state index in [0.717, 1.165) is 26.7 Å². The SMILES string of the molecule is CCOC(=O)C(Cc1ccc(Br)cc1)c1ccccc1-c1ccccc1. The molecule has 0 fully saturated rings. The quantitative estimate of drug-likeness (QED) is 0.467. The molecule has 0 aromatic heterocycles. The third-order valence-electron chi connectivity index (χ3n) is 4.35. The first-order chi connectivity index (χ1) is 12.7. The van der Waals surface area contributed by atoms with E-state index >= 15 is 0 Å². The van der Waals surface area contributed by atoms with Crippen LogP contribution in [0.3, 0.4) is 0 Å². The Labute approximate surface area is 163 Å². The Kier molecular flexibility index (Phi) is 6.24. The zero-order valence-corrected chi connectivity index (χ0v) is 16.3. The first-order valence-electron chi connectivity index (χ1n) is 8.74. The number of ether oxygens (including phenoxy) is 1. The smallest absolute Gasteiger partial charge is 0.313 e. The van der Waals surface area contributed by atoms with Crippen molar-refractivity contribution in [1.82, 2.24) is 0 Å². The van der Waals surface area contributed by atoms with Crippen molar-refractivity contribution < 1.29 is 9.53 Å². The van der Waals surface area contributed by atoms with Crippen LogP contribution in [0.15, 0.2) is 83.3 Å². The number of hydrogen-bond acceptors (Lipinski definition) is 2. The Hall–Kier alpha value is -2.39. The molecule has 0 saturated heterocycles. The summed E-state index contributed by atoms with van der Waals surface area (Å²) in [6.45, 7) is 2.22. The molecule has 1 atom stereocenters. The summed E-state index contributed by atoms with van der Waals surface area (Å²) in [5.74, 6) is -0.522. The van der Waals surface area contributed by atoms with Crippen molar-refractivity contribution in [3.8, 4) is 11.1 Å². The molecule has 3 rings (SSSR count). The third kappa shape index (κ3) is 4.41. The van der Waals surface area contributed by atoms with Gasteiger partial charge in [0.1, 0.15) is 0 Å². The van der Waals surface area contributed by atoms with Gasteiger partial charge in [-0.2, -0.15) is 0 Å². The standard InChI is InChI=1S/C23H21BrO2/c1-2-26-23(25)22(16-17-12-14-19(24)15-13-17)21-11-7-6-10-20(21)18-8-4-3-5-9-18/h3-15,22H,2,16H2,1H3. The second-order valence-electron chi connectivity index (χ2n) is 6.09. The minimum Gasteiger partial charge on any atom is -0.466 e. The molecule has 0 radical (unpaired) electrons. The van der Waals surface area contributed by atoms with Gasteiger partial charge in [-0.25, -0.2) is 0 Å². The van der Waals surface area contributed by atoms with E-state index in [4.69, 9.17) is 4.74 Å². The summed E-state index contributed by atoms with van der Waals surface area (Å²) in [6, 6.07) is 26.3. The lowest BCUT2D eigenvalue weighted by atomic mass is 9.86. The summed E-state index contributed by atoms with van der Waals surface area (Å²) < 4.78 is 6.42. The fraction of sp³-hybridized carbons (Fsp3) is 0.174. The molecule has 3 aromatic carbocycles. The fourth-order valence-electron chi connectivity index (χ4n) is 3.10. The van der Waals surface area contributed by atoms with Crippen molar-refractivity contribution in [3.63, 3.8) is 0 Å². The Bertz CT molecular complexity index is 857. The molecular formula is C23H21BrO2. The van der Waals surface area contributed by atoms with Gasteiger partial charge in [0.05, 0.1) is 12.5 Å². The second-order valence-corrected chi connectivity index (χ2v) is 7.00. The van der Waals surface area contributed by atoms with Crippen molar-refractivity contribution >= 4 is 21.9 Å². The normalized spacial score (nSPS) is 11.8. The van der Waals surface area contributed by atoms with Crippen LogP contribution in [0.25, 0.3) is 11.1 Å². The first-order valence-corrected chi connectivity index (χ1v) is 9.53. The molecule has 2 nitrogen and oxygen atoms in total. The summed E-state index contributed by atoms with van der Waals surface area (Å²) in [6.07, 6.45) is 0.607. The van der Waals surface area contributed by atoms with Crippen molar-refractivity contribution in [2.75, 3.05) is 6.61 Å². The van der Waals surface area contributed by atoms with Gasteiger partial charge in [-0.1, -0.05) is 82.7 Å². The largest absolute Gasteiger partial charge is 0.466 e. The van der Waals surface area contributed by atoms with Crippen LogP contribution in [0.2, 0.25) is 0 Å². The lowest BCUT2D eigenvalue weighted by Gasteiger charge is -2.20. The van der Waals surface area contributed by atoms with Crippen LogP contribution in [0.1, 0.15) is 24.0 Å². The maximum atomic E-state index is 12.8. The summed E-state index contributed by atoms with van der Waals surface area (Å²) in [5, 5.41) is 0. The molecule has 0 saturated carbocycles. The lowest BCUT2D eigenvalue weighted by Crippen LogP contribution is -2.19. The molecule has 0 aliphatic heterocycles. The summed E-state index contributed by atoms with van der Waals surface area (Å²) in [4.78, 5) is 12.8. The summed E-state index contributed by atoms with van der Waals surface area (Å²) in [5.41, 5.74) is 4.28. The molecule has 0 heterocycles. The van der Waals surface area contributed by atoms with Crippen molar-refractivity contribution in [2.45, 2.75) is 19.3 Å². The maximum Gasteiger partial charge on any atom is 0.313 e. The molecule has 0 N–H and O–H groups in total. The van der Waals surface area contributed by atoms with Crippen molar-refractivity contribution in [1.29, 1.82) is 0 Å². The van der Waals surface area contributed by atoms with Gasteiger partial charge >= 0.3 is 5.97 Å². The van der Waals surface area contributed by atoms with Gasteiger partial charge in [0, 0.05) is 4.47 Å². The Morgan fingerprint density at radius 1 is 0.923 bits per heavy atom.